The van der Waals surface area contributed by atoms with Gasteiger partial charge in [-0.05, 0) is 17.7 Å². The van der Waals surface area contributed by atoms with Gasteiger partial charge in [0, 0.05) is 16.5 Å². The summed E-state index contributed by atoms with van der Waals surface area (Å²) in [7, 11) is -0.0408. The number of Topliss-reactive ketones (excluding diaryl/α,β-unsaturated/α-hetero) is 1. The van der Waals surface area contributed by atoms with Crippen LogP contribution >= 0.6 is 0 Å². The third-order valence-electron chi connectivity index (χ3n) is 2.96. The van der Waals surface area contributed by atoms with E-state index in [1.165, 1.54) is 4.90 Å². The zero-order valence-corrected chi connectivity index (χ0v) is 11.8. The standard InChI is InChI=1S/C17H17OS/c1-3-14-9-11-15(12-10-14)17(18)13-19(2)16-7-5-4-6-8-16/h3-12H,1,13H2,2H3/q+1. The Morgan fingerprint density at radius 2 is 1.74 bits per heavy atom. The molecule has 0 radical (unpaired) electrons. The van der Waals surface area contributed by atoms with Gasteiger partial charge in [-0.3, -0.25) is 4.79 Å². The molecule has 0 saturated carbocycles. The van der Waals surface area contributed by atoms with Crippen molar-refractivity contribution in [1.29, 1.82) is 0 Å². The van der Waals surface area contributed by atoms with Crippen LogP contribution < -0.4 is 0 Å². The van der Waals surface area contributed by atoms with Crippen LogP contribution in [0.15, 0.2) is 66.1 Å². The topological polar surface area (TPSA) is 17.1 Å². The average molecular weight is 269 g/mol. The Balaban J connectivity index is 2.06. The van der Waals surface area contributed by atoms with Gasteiger partial charge >= 0.3 is 0 Å². The first-order chi connectivity index (χ1) is 9.20. The lowest BCUT2D eigenvalue weighted by atomic mass is 10.1. The average Bonchev–Trinajstić information content (AvgIpc) is 2.48. The summed E-state index contributed by atoms with van der Waals surface area (Å²) >= 11 is 0. The molecule has 0 aliphatic carbocycles. The summed E-state index contributed by atoms with van der Waals surface area (Å²) < 4.78 is 0. The molecule has 0 spiro atoms. The smallest absolute Gasteiger partial charge is 0.212 e. The molecule has 2 aromatic rings. The highest BCUT2D eigenvalue weighted by Gasteiger charge is 2.20. The second kappa shape index (κ2) is 6.39. The number of hydrogen-bond donors (Lipinski definition) is 0. The Labute approximate surface area is 117 Å². The second-order valence-corrected chi connectivity index (χ2v) is 6.38. The number of ketones is 1. The quantitative estimate of drug-likeness (QED) is 0.596. The van der Waals surface area contributed by atoms with Crippen LogP contribution in [-0.2, 0) is 10.9 Å². The monoisotopic (exact) mass is 269 g/mol. The van der Waals surface area contributed by atoms with E-state index in [-0.39, 0.29) is 16.7 Å². The van der Waals surface area contributed by atoms with Gasteiger partial charge in [0.25, 0.3) is 0 Å². The lowest BCUT2D eigenvalue weighted by Crippen LogP contribution is -2.15. The van der Waals surface area contributed by atoms with Gasteiger partial charge in [0.1, 0.15) is 6.26 Å². The van der Waals surface area contributed by atoms with Crippen LogP contribution in [0.2, 0.25) is 0 Å². The van der Waals surface area contributed by atoms with Gasteiger partial charge < -0.3 is 0 Å². The van der Waals surface area contributed by atoms with Crippen LogP contribution in [0.3, 0.4) is 0 Å². The first-order valence-corrected chi connectivity index (χ1v) is 7.94. The van der Waals surface area contributed by atoms with Crippen molar-refractivity contribution in [2.24, 2.45) is 0 Å². The molecule has 1 nitrogen and oxygen atoms in total. The lowest BCUT2D eigenvalue weighted by Gasteiger charge is -2.03. The van der Waals surface area contributed by atoms with E-state index < -0.39 is 0 Å². The van der Waals surface area contributed by atoms with Crippen molar-refractivity contribution in [2.75, 3.05) is 12.0 Å². The normalized spacial score (nSPS) is 11.8. The minimum atomic E-state index is -0.0408. The third-order valence-corrected chi connectivity index (χ3v) is 4.73. The van der Waals surface area contributed by atoms with Crippen molar-refractivity contribution in [1.82, 2.24) is 0 Å². The SMILES string of the molecule is C=Cc1ccc(C(=O)C[S+](C)c2ccccc2)cc1. The molecule has 0 N–H and O–H groups in total. The zero-order chi connectivity index (χ0) is 13.7. The number of benzene rings is 2. The minimum Gasteiger partial charge on any atom is -0.289 e. The Morgan fingerprint density at radius 1 is 1.11 bits per heavy atom. The summed E-state index contributed by atoms with van der Waals surface area (Å²) in [4.78, 5) is 13.4. The molecule has 0 bridgehead atoms. The highest BCUT2D eigenvalue weighted by Crippen LogP contribution is 2.13. The van der Waals surface area contributed by atoms with Crippen LogP contribution in [0.1, 0.15) is 15.9 Å². The molecule has 0 aliphatic rings. The fourth-order valence-electron chi connectivity index (χ4n) is 1.82. The van der Waals surface area contributed by atoms with E-state index in [0.29, 0.717) is 5.75 Å². The van der Waals surface area contributed by atoms with Gasteiger partial charge in [-0.2, -0.15) is 0 Å². The van der Waals surface area contributed by atoms with Gasteiger partial charge in [0.05, 0.1) is 0 Å². The van der Waals surface area contributed by atoms with E-state index in [0.717, 1.165) is 11.1 Å². The highest BCUT2D eigenvalue weighted by molar-refractivity contribution is 7.96. The minimum absolute atomic E-state index is 0.0408. The molecule has 96 valence electrons. The van der Waals surface area contributed by atoms with Crippen LogP contribution in [-0.4, -0.2) is 17.8 Å². The van der Waals surface area contributed by atoms with Gasteiger partial charge in [0.15, 0.2) is 10.6 Å². The fourth-order valence-corrected chi connectivity index (χ4v) is 3.17. The van der Waals surface area contributed by atoms with Crippen LogP contribution in [0.4, 0.5) is 0 Å². The molecule has 2 rings (SSSR count). The largest absolute Gasteiger partial charge is 0.289 e. The summed E-state index contributed by atoms with van der Waals surface area (Å²) in [6.45, 7) is 3.71. The van der Waals surface area contributed by atoms with Crippen molar-refractivity contribution < 1.29 is 4.79 Å². The van der Waals surface area contributed by atoms with Gasteiger partial charge in [-0.1, -0.05) is 55.1 Å². The van der Waals surface area contributed by atoms with E-state index in [4.69, 9.17) is 0 Å². The summed E-state index contributed by atoms with van der Waals surface area (Å²) in [6.07, 6.45) is 3.90. The van der Waals surface area contributed by atoms with Crippen molar-refractivity contribution in [3.05, 3.63) is 72.3 Å². The molecule has 0 amide bonds. The predicted molar refractivity (Wildman–Crippen MR) is 83.7 cm³/mol. The maximum absolute atomic E-state index is 12.2. The van der Waals surface area contributed by atoms with Crippen molar-refractivity contribution in [2.45, 2.75) is 4.90 Å². The van der Waals surface area contributed by atoms with E-state index in [1.54, 1.807) is 6.08 Å². The van der Waals surface area contributed by atoms with Crippen LogP contribution in [0.5, 0.6) is 0 Å². The van der Waals surface area contributed by atoms with Gasteiger partial charge in [-0.25, -0.2) is 0 Å². The fraction of sp³-hybridized carbons (Fsp3) is 0.118. The van der Waals surface area contributed by atoms with Gasteiger partial charge in [0.2, 0.25) is 5.78 Å². The summed E-state index contributed by atoms with van der Waals surface area (Å²) in [6, 6.07) is 17.8. The van der Waals surface area contributed by atoms with E-state index in [1.807, 2.05) is 42.5 Å². The molecule has 1 atom stereocenters. The van der Waals surface area contributed by atoms with Gasteiger partial charge in [-0.15, -0.1) is 0 Å². The predicted octanol–water partition coefficient (Wildman–Crippen LogP) is 3.82. The highest BCUT2D eigenvalue weighted by atomic mass is 32.2. The molecule has 2 aromatic carbocycles. The molecule has 2 heteroatoms. The van der Waals surface area contributed by atoms with Crippen LogP contribution in [0.25, 0.3) is 6.08 Å². The maximum atomic E-state index is 12.2. The summed E-state index contributed by atoms with van der Waals surface area (Å²) in [5.41, 5.74) is 1.82. The van der Waals surface area contributed by atoms with E-state index >= 15 is 0 Å². The molecule has 19 heavy (non-hydrogen) atoms. The molecule has 0 aliphatic heterocycles. The Hall–Kier alpha value is -1.80. The first kappa shape index (κ1) is 13.6. The summed E-state index contributed by atoms with van der Waals surface area (Å²) in [5, 5.41) is 0. The third kappa shape index (κ3) is 3.58. The first-order valence-electron chi connectivity index (χ1n) is 6.14. The maximum Gasteiger partial charge on any atom is 0.212 e. The molecule has 0 heterocycles. The Morgan fingerprint density at radius 3 is 2.32 bits per heavy atom. The molecule has 1 unspecified atom stereocenters. The Bertz CT molecular complexity index is 558. The molecule has 0 aromatic heterocycles. The second-order valence-electron chi connectivity index (χ2n) is 4.34. The zero-order valence-electron chi connectivity index (χ0n) is 11.0. The van der Waals surface area contributed by atoms with E-state index in [2.05, 4.69) is 25.0 Å². The number of hydrogen-bond acceptors (Lipinski definition) is 1. The summed E-state index contributed by atoms with van der Waals surface area (Å²) in [5.74, 6) is 0.766. The number of carbonyl (C=O) groups excluding carboxylic acids is 1. The van der Waals surface area contributed by atoms with Crippen molar-refractivity contribution >= 4 is 22.8 Å². The molecular weight excluding hydrogens is 252 g/mol. The molecule has 0 saturated heterocycles. The molecule has 0 fully saturated rings. The van der Waals surface area contributed by atoms with E-state index in [9.17, 15) is 4.79 Å². The number of carbonyl (C=O) groups is 1. The van der Waals surface area contributed by atoms with Crippen molar-refractivity contribution in [3.8, 4) is 0 Å². The Kier molecular flexibility index (Phi) is 4.58. The van der Waals surface area contributed by atoms with Crippen LogP contribution in [0, 0.1) is 0 Å². The lowest BCUT2D eigenvalue weighted by molar-refractivity contribution is 0.102. The van der Waals surface area contributed by atoms with Crippen molar-refractivity contribution in [3.63, 3.8) is 0 Å². The number of rotatable bonds is 5. The molecular formula is C17H17OS+.